The number of ether oxygens (including phenoxy) is 1. The lowest BCUT2D eigenvalue weighted by atomic mass is 9.96. The summed E-state index contributed by atoms with van der Waals surface area (Å²) in [7, 11) is 4.95. The number of pyridine rings is 1. The molecule has 1 atom stereocenters. The Morgan fingerprint density at radius 3 is 2.34 bits per heavy atom. The molecule has 4 aromatic heterocycles. The van der Waals surface area contributed by atoms with Crippen LogP contribution in [0.2, 0.25) is 0 Å². The molecule has 0 aliphatic carbocycles. The highest BCUT2D eigenvalue weighted by atomic mass is 19.1. The zero-order chi connectivity index (χ0) is 25.2. The Kier molecular flexibility index (Phi) is 5.19. The molecule has 0 saturated carbocycles. The Balaban J connectivity index is 1.91. The van der Waals surface area contributed by atoms with Gasteiger partial charge in [0.25, 0.3) is 0 Å². The van der Waals surface area contributed by atoms with Crippen LogP contribution in [0.25, 0.3) is 33.3 Å². The van der Waals surface area contributed by atoms with Crippen molar-refractivity contribution in [2.45, 2.75) is 33.7 Å². The second-order valence-electron chi connectivity index (χ2n) is 8.90. The largest absolute Gasteiger partial charge is 0.464 e. The van der Waals surface area contributed by atoms with E-state index in [1.165, 1.54) is 19.2 Å². The van der Waals surface area contributed by atoms with Gasteiger partial charge in [-0.05, 0) is 62.6 Å². The van der Waals surface area contributed by atoms with Gasteiger partial charge in [0.2, 0.25) is 0 Å². The highest BCUT2D eigenvalue weighted by molar-refractivity contribution is 6.11. The average molecular weight is 476 g/mol. The van der Waals surface area contributed by atoms with E-state index in [1.807, 2.05) is 45.4 Å². The standard InChI is InChI=1S/C25H26FN7O2/c1-12-8-17(26)9-13(2)19(12)15(4)33-18-10-16(22-14(3)28-30-32(22)6)11-27-20(18)23-24(33)21(25(34)35-7)29-31(23)5/h8-11,15H,1-7H3. The number of methoxy groups -OCH3 is 1. The number of benzene rings is 1. The Morgan fingerprint density at radius 1 is 1.06 bits per heavy atom. The average Bonchev–Trinajstić information content (AvgIpc) is 3.43. The molecule has 180 valence electrons. The summed E-state index contributed by atoms with van der Waals surface area (Å²) in [6, 6.07) is 4.83. The van der Waals surface area contributed by atoms with Crippen LogP contribution in [0.1, 0.15) is 45.8 Å². The van der Waals surface area contributed by atoms with E-state index in [1.54, 1.807) is 22.6 Å². The lowest BCUT2D eigenvalue weighted by Gasteiger charge is -2.22. The van der Waals surface area contributed by atoms with E-state index < -0.39 is 5.97 Å². The van der Waals surface area contributed by atoms with Crippen LogP contribution in [0.4, 0.5) is 4.39 Å². The minimum Gasteiger partial charge on any atom is -0.464 e. The third-order valence-corrected chi connectivity index (χ3v) is 6.63. The van der Waals surface area contributed by atoms with Crippen LogP contribution in [0.15, 0.2) is 24.4 Å². The van der Waals surface area contributed by atoms with Gasteiger partial charge in [-0.1, -0.05) is 5.21 Å². The first kappa shape index (κ1) is 22.7. The summed E-state index contributed by atoms with van der Waals surface area (Å²) in [5.74, 6) is -0.815. The molecule has 10 heteroatoms. The minimum absolute atomic E-state index is 0.201. The van der Waals surface area contributed by atoms with Gasteiger partial charge in [-0.2, -0.15) is 5.10 Å². The maximum absolute atomic E-state index is 14.1. The van der Waals surface area contributed by atoms with E-state index in [9.17, 15) is 9.18 Å². The van der Waals surface area contributed by atoms with E-state index in [2.05, 4.69) is 15.4 Å². The van der Waals surface area contributed by atoms with Crippen molar-refractivity contribution in [3.05, 3.63) is 58.3 Å². The van der Waals surface area contributed by atoms with Crippen molar-refractivity contribution in [3.8, 4) is 11.3 Å². The lowest BCUT2D eigenvalue weighted by molar-refractivity contribution is 0.0594. The number of nitrogens with zero attached hydrogens (tertiary/aromatic N) is 7. The van der Waals surface area contributed by atoms with Gasteiger partial charge in [-0.15, -0.1) is 5.10 Å². The molecule has 5 aromatic rings. The molecule has 4 heterocycles. The van der Waals surface area contributed by atoms with Crippen LogP contribution in [0.5, 0.6) is 0 Å². The number of rotatable bonds is 4. The van der Waals surface area contributed by atoms with Crippen molar-refractivity contribution in [2.24, 2.45) is 14.1 Å². The van der Waals surface area contributed by atoms with E-state index in [-0.39, 0.29) is 17.6 Å². The fourth-order valence-electron chi connectivity index (χ4n) is 5.28. The van der Waals surface area contributed by atoms with Crippen molar-refractivity contribution in [1.29, 1.82) is 0 Å². The van der Waals surface area contributed by atoms with Crippen molar-refractivity contribution in [2.75, 3.05) is 7.11 Å². The smallest absolute Gasteiger partial charge is 0.360 e. The number of aryl methyl sites for hydroxylation is 5. The predicted octanol–water partition coefficient (Wildman–Crippen LogP) is 4.18. The van der Waals surface area contributed by atoms with Gasteiger partial charge in [0.15, 0.2) is 5.69 Å². The summed E-state index contributed by atoms with van der Waals surface area (Å²) < 4.78 is 24.6. The summed E-state index contributed by atoms with van der Waals surface area (Å²) in [5, 5.41) is 12.8. The highest BCUT2D eigenvalue weighted by Crippen LogP contribution is 2.38. The third-order valence-electron chi connectivity index (χ3n) is 6.63. The Labute approximate surface area is 201 Å². The molecule has 0 N–H and O–H groups in total. The van der Waals surface area contributed by atoms with Crippen LogP contribution < -0.4 is 0 Å². The van der Waals surface area contributed by atoms with Gasteiger partial charge in [0, 0.05) is 25.9 Å². The first-order valence-corrected chi connectivity index (χ1v) is 11.2. The van der Waals surface area contributed by atoms with E-state index in [4.69, 9.17) is 9.72 Å². The normalized spacial score (nSPS) is 12.6. The molecule has 0 spiro atoms. The first-order valence-electron chi connectivity index (χ1n) is 11.2. The fourth-order valence-corrected chi connectivity index (χ4v) is 5.28. The third kappa shape index (κ3) is 3.31. The Hall–Kier alpha value is -4.08. The molecule has 0 aliphatic heterocycles. The zero-order valence-corrected chi connectivity index (χ0v) is 20.7. The molecule has 0 radical (unpaired) electrons. The SMILES string of the molecule is COC(=O)c1nn(C)c2c3ncc(-c4c(C)nnn4C)cc3n(C(C)c3c(C)cc(F)cc3C)c12. The molecule has 0 aliphatic rings. The van der Waals surface area contributed by atoms with E-state index in [0.29, 0.717) is 11.0 Å². The number of carbonyl (C=O) groups is 1. The van der Waals surface area contributed by atoms with Gasteiger partial charge < -0.3 is 9.30 Å². The van der Waals surface area contributed by atoms with Crippen molar-refractivity contribution in [3.63, 3.8) is 0 Å². The molecule has 9 nitrogen and oxygen atoms in total. The number of esters is 1. The Morgan fingerprint density at radius 2 is 1.74 bits per heavy atom. The quantitative estimate of drug-likeness (QED) is 0.362. The maximum Gasteiger partial charge on any atom is 0.360 e. The van der Waals surface area contributed by atoms with Gasteiger partial charge in [-0.25, -0.2) is 13.9 Å². The molecule has 35 heavy (non-hydrogen) atoms. The van der Waals surface area contributed by atoms with Crippen LogP contribution in [0.3, 0.4) is 0 Å². The summed E-state index contributed by atoms with van der Waals surface area (Å²) in [6.07, 6.45) is 1.78. The molecular weight excluding hydrogens is 449 g/mol. The Bertz CT molecular complexity index is 1600. The van der Waals surface area contributed by atoms with Crippen LogP contribution >= 0.6 is 0 Å². The second kappa shape index (κ2) is 8.00. The topological polar surface area (TPSA) is 92.7 Å². The fraction of sp³-hybridized carbons (Fsp3) is 0.320. The summed E-state index contributed by atoms with van der Waals surface area (Å²) in [6.45, 7) is 7.71. The number of hydrogen-bond acceptors (Lipinski definition) is 6. The molecule has 1 unspecified atom stereocenters. The molecule has 1 aromatic carbocycles. The minimum atomic E-state index is -0.536. The number of carbonyl (C=O) groups excluding carboxylic acids is 1. The van der Waals surface area contributed by atoms with Crippen molar-refractivity contribution in [1.82, 2.24) is 34.3 Å². The van der Waals surface area contributed by atoms with E-state index in [0.717, 1.165) is 44.7 Å². The number of hydrogen-bond donors (Lipinski definition) is 0. The second-order valence-corrected chi connectivity index (χ2v) is 8.90. The predicted molar refractivity (Wildman–Crippen MR) is 130 cm³/mol. The molecule has 0 fully saturated rings. The highest BCUT2D eigenvalue weighted by Gasteiger charge is 2.29. The van der Waals surface area contributed by atoms with Crippen molar-refractivity contribution < 1.29 is 13.9 Å². The van der Waals surface area contributed by atoms with Gasteiger partial charge in [0.05, 0.1) is 30.1 Å². The monoisotopic (exact) mass is 475 g/mol. The summed E-state index contributed by atoms with van der Waals surface area (Å²) >= 11 is 0. The summed E-state index contributed by atoms with van der Waals surface area (Å²) in [5.41, 5.74) is 8.15. The van der Waals surface area contributed by atoms with Crippen LogP contribution in [0, 0.1) is 26.6 Å². The molecule has 5 rings (SSSR count). The number of halogens is 1. The lowest BCUT2D eigenvalue weighted by Crippen LogP contribution is -2.13. The van der Waals surface area contributed by atoms with Gasteiger partial charge >= 0.3 is 5.97 Å². The van der Waals surface area contributed by atoms with Crippen molar-refractivity contribution >= 4 is 28.0 Å². The molecule has 0 amide bonds. The molecule has 0 bridgehead atoms. The van der Waals surface area contributed by atoms with Gasteiger partial charge in [0.1, 0.15) is 22.4 Å². The van der Waals surface area contributed by atoms with Crippen LogP contribution in [-0.4, -0.2) is 47.4 Å². The molecule has 0 saturated heterocycles. The number of fused-ring (bicyclic) bond motifs is 3. The first-order chi connectivity index (χ1) is 16.6. The van der Waals surface area contributed by atoms with Crippen LogP contribution in [-0.2, 0) is 18.8 Å². The molecular formula is C25H26FN7O2. The summed E-state index contributed by atoms with van der Waals surface area (Å²) in [4.78, 5) is 17.5. The maximum atomic E-state index is 14.1. The number of aromatic nitrogens is 7. The zero-order valence-electron chi connectivity index (χ0n) is 20.7. The van der Waals surface area contributed by atoms with E-state index >= 15 is 0 Å². The van der Waals surface area contributed by atoms with Gasteiger partial charge in [-0.3, -0.25) is 9.67 Å².